The van der Waals surface area contributed by atoms with Gasteiger partial charge in [0.2, 0.25) is 5.91 Å². The zero-order chi connectivity index (χ0) is 17.5. The van der Waals surface area contributed by atoms with Gasteiger partial charge in [-0.2, -0.15) is 5.10 Å². The second-order valence-electron chi connectivity index (χ2n) is 7.17. The predicted octanol–water partition coefficient (Wildman–Crippen LogP) is 2.34. The summed E-state index contributed by atoms with van der Waals surface area (Å²) in [6.45, 7) is 1.71. The Bertz CT molecular complexity index is 554. The number of hydrogen-bond donors (Lipinski definition) is 3. The van der Waals surface area contributed by atoms with Gasteiger partial charge in [0.05, 0.1) is 12.2 Å². The van der Waals surface area contributed by atoms with Crippen molar-refractivity contribution in [1.82, 2.24) is 25.7 Å². The number of nitrogens with one attached hydrogen (secondary N) is 3. The summed E-state index contributed by atoms with van der Waals surface area (Å²) in [4.78, 5) is 26.3. The molecule has 1 aliphatic heterocycles. The van der Waals surface area contributed by atoms with E-state index in [0.29, 0.717) is 25.4 Å². The van der Waals surface area contributed by atoms with Gasteiger partial charge in [-0.3, -0.25) is 9.89 Å². The molecule has 3 rings (SSSR count). The molecule has 1 aromatic rings. The van der Waals surface area contributed by atoms with E-state index < -0.39 is 0 Å². The van der Waals surface area contributed by atoms with Crippen LogP contribution in [0.1, 0.15) is 63.0 Å². The van der Waals surface area contributed by atoms with Gasteiger partial charge in [0.15, 0.2) is 0 Å². The number of piperidine rings is 1. The number of rotatable bonds is 6. The lowest BCUT2D eigenvalue weighted by atomic mass is 9.98. The van der Waals surface area contributed by atoms with Crippen LogP contribution in [0.3, 0.4) is 0 Å². The monoisotopic (exact) mass is 347 g/mol. The minimum atomic E-state index is -0.0593. The van der Waals surface area contributed by atoms with Crippen molar-refractivity contribution in [2.45, 2.75) is 57.4 Å². The standard InChI is InChI=1S/C18H29N5O2/c24-17(11-14-5-1-2-6-14)19-8-9-20-18(25)23-10-4-3-7-16(23)15-12-21-22-13-15/h12-14,16H,1-11H2,(H,19,24)(H,20,25)(H,21,22)/t16-/m0/s1. The molecule has 1 atom stereocenters. The summed E-state index contributed by atoms with van der Waals surface area (Å²) < 4.78 is 0. The van der Waals surface area contributed by atoms with Crippen LogP contribution >= 0.6 is 0 Å². The van der Waals surface area contributed by atoms with E-state index in [1.165, 1.54) is 25.7 Å². The predicted molar refractivity (Wildman–Crippen MR) is 94.9 cm³/mol. The molecule has 0 unspecified atom stereocenters. The van der Waals surface area contributed by atoms with Crippen molar-refractivity contribution < 1.29 is 9.59 Å². The van der Waals surface area contributed by atoms with Crippen molar-refractivity contribution >= 4 is 11.9 Å². The number of amides is 3. The van der Waals surface area contributed by atoms with Crippen LogP contribution in [-0.2, 0) is 4.79 Å². The quantitative estimate of drug-likeness (QED) is 0.690. The molecule has 0 spiro atoms. The fourth-order valence-electron chi connectivity index (χ4n) is 3.99. The Kier molecular flexibility index (Phi) is 6.30. The van der Waals surface area contributed by atoms with Crippen molar-refractivity contribution in [2.24, 2.45) is 5.92 Å². The van der Waals surface area contributed by atoms with Crippen molar-refractivity contribution in [3.8, 4) is 0 Å². The summed E-state index contributed by atoms with van der Waals surface area (Å²) in [6, 6.07) is 0.0281. The van der Waals surface area contributed by atoms with Crippen LogP contribution in [0.15, 0.2) is 12.4 Å². The van der Waals surface area contributed by atoms with E-state index in [4.69, 9.17) is 0 Å². The number of carbonyl (C=O) groups excluding carboxylic acids is 2. The number of likely N-dealkylation sites (tertiary alicyclic amines) is 1. The van der Waals surface area contributed by atoms with E-state index in [9.17, 15) is 9.59 Å². The molecule has 0 radical (unpaired) electrons. The maximum absolute atomic E-state index is 12.5. The first-order chi connectivity index (χ1) is 12.2. The first-order valence-corrected chi connectivity index (χ1v) is 9.54. The Labute approximate surface area is 148 Å². The summed E-state index contributed by atoms with van der Waals surface area (Å²) in [5.41, 5.74) is 1.06. The first-order valence-electron chi connectivity index (χ1n) is 9.54. The van der Waals surface area contributed by atoms with E-state index >= 15 is 0 Å². The lowest BCUT2D eigenvalue weighted by Crippen LogP contribution is -2.46. The van der Waals surface area contributed by atoms with Crippen LogP contribution < -0.4 is 10.6 Å². The average Bonchev–Trinajstić information content (AvgIpc) is 3.32. The van der Waals surface area contributed by atoms with Gasteiger partial charge in [-0.05, 0) is 38.0 Å². The van der Waals surface area contributed by atoms with Gasteiger partial charge in [0.1, 0.15) is 0 Å². The van der Waals surface area contributed by atoms with Crippen LogP contribution in [0.25, 0.3) is 0 Å². The molecular formula is C18H29N5O2. The SMILES string of the molecule is O=C(CC1CCCC1)NCCNC(=O)N1CCCC[C@H]1c1cn[nH]c1. The highest BCUT2D eigenvalue weighted by atomic mass is 16.2. The van der Waals surface area contributed by atoms with Crippen LogP contribution in [0, 0.1) is 5.92 Å². The number of aromatic amines is 1. The maximum Gasteiger partial charge on any atom is 0.317 e. The normalized spacial score (nSPS) is 21.3. The van der Waals surface area contributed by atoms with Crippen molar-refractivity contribution in [2.75, 3.05) is 19.6 Å². The van der Waals surface area contributed by atoms with Gasteiger partial charge < -0.3 is 15.5 Å². The average molecular weight is 347 g/mol. The van der Waals surface area contributed by atoms with Crippen molar-refractivity contribution in [3.05, 3.63) is 18.0 Å². The first kappa shape index (κ1) is 17.8. The second kappa shape index (κ2) is 8.87. The Morgan fingerprint density at radius 3 is 2.64 bits per heavy atom. The number of carbonyl (C=O) groups is 2. The molecular weight excluding hydrogens is 318 g/mol. The van der Waals surface area contributed by atoms with E-state index in [2.05, 4.69) is 20.8 Å². The largest absolute Gasteiger partial charge is 0.354 e. The lowest BCUT2D eigenvalue weighted by molar-refractivity contribution is -0.121. The van der Waals surface area contributed by atoms with Gasteiger partial charge in [-0.25, -0.2) is 4.79 Å². The number of aromatic nitrogens is 2. The van der Waals surface area contributed by atoms with E-state index in [-0.39, 0.29) is 18.0 Å². The highest BCUT2D eigenvalue weighted by molar-refractivity contribution is 5.77. The zero-order valence-corrected chi connectivity index (χ0v) is 14.8. The van der Waals surface area contributed by atoms with Crippen LogP contribution in [0.4, 0.5) is 4.79 Å². The molecule has 2 heterocycles. The highest BCUT2D eigenvalue weighted by Crippen LogP contribution is 2.30. The molecule has 1 saturated heterocycles. The Balaban J connectivity index is 1.38. The summed E-state index contributed by atoms with van der Waals surface area (Å²) in [5.74, 6) is 0.661. The summed E-state index contributed by atoms with van der Waals surface area (Å²) in [7, 11) is 0. The smallest absolute Gasteiger partial charge is 0.317 e. The molecule has 2 fully saturated rings. The minimum Gasteiger partial charge on any atom is -0.354 e. The minimum absolute atomic E-state index is 0.0593. The molecule has 1 aromatic heterocycles. The van der Waals surface area contributed by atoms with E-state index in [0.717, 1.165) is 31.4 Å². The van der Waals surface area contributed by atoms with Gasteiger partial charge in [-0.1, -0.05) is 12.8 Å². The van der Waals surface area contributed by atoms with Crippen LogP contribution in [0.2, 0.25) is 0 Å². The highest BCUT2D eigenvalue weighted by Gasteiger charge is 2.28. The van der Waals surface area contributed by atoms with Crippen molar-refractivity contribution in [1.29, 1.82) is 0 Å². The third-order valence-corrected chi connectivity index (χ3v) is 5.34. The molecule has 25 heavy (non-hydrogen) atoms. The van der Waals surface area contributed by atoms with E-state index in [1.54, 1.807) is 6.20 Å². The van der Waals surface area contributed by atoms with Crippen LogP contribution in [0.5, 0.6) is 0 Å². The molecule has 7 heteroatoms. The maximum atomic E-state index is 12.5. The molecule has 0 bridgehead atoms. The Hall–Kier alpha value is -2.05. The third-order valence-electron chi connectivity index (χ3n) is 5.34. The fraction of sp³-hybridized carbons (Fsp3) is 0.722. The molecule has 3 N–H and O–H groups in total. The molecule has 1 saturated carbocycles. The Morgan fingerprint density at radius 2 is 1.88 bits per heavy atom. The second-order valence-corrected chi connectivity index (χ2v) is 7.17. The lowest BCUT2D eigenvalue weighted by Gasteiger charge is -2.35. The van der Waals surface area contributed by atoms with Crippen LogP contribution in [-0.4, -0.2) is 46.7 Å². The number of hydrogen-bond acceptors (Lipinski definition) is 3. The molecule has 138 valence electrons. The molecule has 0 aromatic carbocycles. The molecule has 1 aliphatic carbocycles. The number of urea groups is 1. The number of nitrogens with zero attached hydrogens (tertiary/aromatic N) is 2. The van der Waals surface area contributed by atoms with Gasteiger partial charge >= 0.3 is 6.03 Å². The third kappa shape index (κ3) is 4.96. The summed E-state index contributed by atoms with van der Waals surface area (Å²) in [6.07, 6.45) is 12.2. The topological polar surface area (TPSA) is 90.1 Å². The van der Waals surface area contributed by atoms with Gasteiger partial charge in [0.25, 0.3) is 0 Å². The molecule has 2 aliphatic rings. The molecule has 7 nitrogen and oxygen atoms in total. The van der Waals surface area contributed by atoms with Gasteiger partial charge in [-0.15, -0.1) is 0 Å². The van der Waals surface area contributed by atoms with Gasteiger partial charge in [0, 0.05) is 37.8 Å². The van der Waals surface area contributed by atoms with Crippen molar-refractivity contribution in [3.63, 3.8) is 0 Å². The van der Waals surface area contributed by atoms with E-state index in [1.807, 2.05) is 11.1 Å². The summed E-state index contributed by atoms with van der Waals surface area (Å²) >= 11 is 0. The fourth-order valence-corrected chi connectivity index (χ4v) is 3.99. The number of H-pyrrole nitrogens is 1. The molecule has 3 amide bonds. The summed E-state index contributed by atoms with van der Waals surface area (Å²) in [5, 5.41) is 12.7. The Morgan fingerprint density at radius 1 is 1.12 bits per heavy atom. The zero-order valence-electron chi connectivity index (χ0n) is 14.8.